The normalized spacial score (nSPS) is 25.5. The maximum absolute atomic E-state index is 12.1. The van der Waals surface area contributed by atoms with Gasteiger partial charge in [0.2, 0.25) is 0 Å². The minimum Gasteiger partial charge on any atom is -0.480 e. The maximum atomic E-state index is 12.1. The number of amides is 1. The second-order valence-corrected chi connectivity index (χ2v) is 5.19. The number of carboxylic acids is 1. The molecule has 1 heterocycles. The van der Waals surface area contributed by atoms with Gasteiger partial charge in [-0.15, -0.1) is 0 Å². The summed E-state index contributed by atoms with van der Waals surface area (Å²) in [5, 5.41) is 9.29. The topological polar surface area (TPSA) is 92.9 Å². The minimum absolute atomic E-state index is 0.112. The molecule has 0 spiro atoms. The Morgan fingerprint density at radius 1 is 1.45 bits per heavy atom. The first kappa shape index (κ1) is 14.3. The Labute approximate surface area is 117 Å². The van der Waals surface area contributed by atoms with E-state index in [0.717, 1.165) is 5.56 Å². The lowest BCUT2D eigenvalue weighted by atomic mass is 9.98. The predicted molar refractivity (Wildman–Crippen MR) is 72.0 cm³/mol. The monoisotopic (exact) mass is 278 g/mol. The highest BCUT2D eigenvalue weighted by Crippen LogP contribution is 2.29. The first-order chi connectivity index (χ1) is 9.43. The molecule has 2 atom stereocenters. The number of nitrogens with zero attached hydrogens (tertiary/aromatic N) is 1. The molecule has 1 fully saturated rings. The van der Waals surface area contributed by atoms with E-state index < -0.39 is 17.6 Å². The van der Waals surface area contributed by atoms with Gasteiger partial charge in [0, 0.05) is 12.6 Å². The van der Waals surface area contributed by atoms with Gasteiger partial charge in [-0.1, -0.05) is 30.3 Å². The first-order valence-electron chi connectivity index (χ1n) is 6.41. The van der Waals surface area contributed by atoms with Crippen molar-refractivity contribution >= 4 is 12.1 Å². The number of hydrogen-bond donors (Lipinski definition) is 2. The van der Waals surface area contributed by atoms with E-state index in [-0.39, 0.29) is 25.6 Å². The average molecular weight is 278 g/mol. The molecule has 0 unspecified atom stereocenters. The summed E-state index contributed by atoms with van der Waals surface area (Å²) in [6, 6.07) is 8.87. The van der Waals surface area contributed by atoms with Crippen LogP contribution in [-0.2, 0) is 16.1 Å². The summed E-state index contributed by atoms with van der Waals surface area (Å²) in [6.45, 7) is 1.80. The van der Waals surface area contributed by atoms with Crippen molar-refractivity contribution in [3.8, 4) is 0 Å². The fourth-order valence-corrected chi connectivity index (χ4v) is 2.40. The van der Waals surface area contributed by atoms with Crippen LogP contribution in [0.15, 0.2) is 30.3 Å². The van der Waals surface area contributed by atoms with Crippen molar-refractivity contribution in [2.24, 2.45) is 5.73 Å². The molecule has 6 heteroatoms. The standard InChI is InChI=1S/C14H18N2O4/c1-14(12(17)18)7-11(15)8-16(14)13(19)20-9-10-5-3-2-4-6-10/h2-6,11H,7-9,15H2,1H3,(H,17,18)/t11-,14+/m0/s1. The summed E-state index contributed by atoms with van der Waals surface area (Å²) in [7, 11) is 0. The number of carbonyl (C=O) groups is 2. The van der Waals surface area contributed by atoms with Gasteiger partial charge in [-0.05, 0) is 18.9 Å². The summed E-state index contributed by atoms with van der Waals surface area (Å²) < 4.78 is 5.17. The van der Waals surface area contributed by atoms with Gasteiger partial charge in [0.1, 0.15) is 12.1 Å². The zero-order chi connectivity index (χ0) is 14.8. The summed E-state index contributed by atoms with van der Waals surface area (Å²) in [4.78, 5) is 24.6. The third-order valence-corrected chi connectivity index (χ3v) is 3.56. The number of rotatable bonds is 3. The van der Waals surface area contributed by atoms with E-state index in [0.29, 0.717) is 0 Å². The van der Waals surface area contributed by atoms with Crippen molar-refractivity contribution in [1.82, 2.24) is 4.90 Å². The smallest absolute Gasteiger partial charge is 0.411 e. The van der Waals surface area contributed by atoms with Crippen molar-refractivity contribution in [3.05, 3.63) is 35.9 Å². The van der Waals surface area contributed by atoms with E-state index in [2.05, 4.69) is 0 Å². The molecular formula is C14H18N2O4. The van der Waals surface area contributed by atoms with Crippen LogP contribution in [0.3, 0.4) is 0 Å². The molecule has 20 heavy (non-hydrogen) atoms. The van der Waals surface area contributed by atoms with Gasteiger partial charge in [-0.25, -0.2) is 9.59 Å². The van der Waals surface area contributed by atoms with Gasteiger partial charge in [0.15, 0.2) is 0 Å². The van der Waals surface area contributed by atoms with Crippen LogP contribution in [0.2, 0.25) is 0 Å². The van der Waals surface area contributed by atoms with Crippen LogP contribution in [-0.4, -0.2) is 40.2 Å². The number of aliphatic carboxylic acids is 1. The van der Waals surface area contributed by atoms with Crippen LogP contribution in [0.5, 0.6) is 0 Å². The molecule has 3 N–H and O–H groups in total. The van der Waals surface area contributed by atoms with E-state index in [1.807, 2.05) is 30.3 Å². The Morgan fingerprint density at radius 3 is 2.70 bits per heavy atom. The summed E-state index contributed by atoms with van der Waals surface area (Å²) in [5.41, 5.74) is 5.32. The molecule has 1 aliphatic heterocycles. The van der Waals surface area contributed by atoms with Crippen LogP contribution in [0, 0.1) is 0 Å². The SMILES string of the molecule is C[C@]1(C(=O)O)C[C@H](N)CN1C(=O)OCc1ccccc1. The maximum Gasteiger partial charge on any atom is 0.411 e. The molecule has 1 aromatic rings. The van der Waals surface area contributed by atoms with Crippen molar-refractivity contribution in [2.45, 2.75) is 31.5 Å². The van der Waals surface area contributed by atoms with E-state index in [1.165, 1.54) is 11.8 Å². The molecule has 1 saturated heterocycles. The molecule has 6 nitrogen and oxygen atoms in total. The van der Waals surface area contributed by atoms with Crippen LogP contribution >= 0.6 is 0 Å². The number of hydrogen-bond acceptors (Lipinski definition) is 4. The molecular weight excluding hydrogens is 260 g/mol. The summed E-state index contributed by atoms with van der Waals surface area (Å²) in [6.07, 6.45) is -0.422. The number of benzene rings is 1. The van der Waals surface area contributed by atoms with Gasteiger partial charge in [0.05, 0.1) is 0 Å². The fraction of sp³-hybridized carbons (Fsp3) is 0.429. The lowest BCUT2D eigenvalue weighted by Crippen LogP contribution is -2.50. The van der Waals surface area contributed by atoms with Crippen LogP contribution in [0.1, 0.15) is 18.9 Å². The van der Waals surface area contributed by atoms with Crippen molar-refractivity contribution in [3.63, 3.8) is 0 Å². The third kappa shape index (κ3) is 2.75. The zero-order valence-electron chi connectivity index (χ0n) is 11.3. The number of carboxylic acid groups (broad SMARTS) is 1. The van der Waals surface area contributed by atoms with Gasteiger partial charge in [0.25, 0.3) is 0 Å². The molecule has 0 bridgehead atoms. The summed E-state index contributed by atoms with van der Waals surface area (Å²) >= 11 is 0. The molecule has 1 amide bonds. The summed E-state index contributed by atoms with van der Waals surface area (Å²) in [5.74, 6) is -1.07. The fourth-order valence-electron chi connectivity index (χ4n) is 2.40. The Balaban J connectivity index is 2.03. The highest BCUT2D eigenvalue weighted by molar-refractivity contribution is 5.85. The van der Waals surface area contributed by atoms with Crippen molar-refractivity contribution < 1.29 is 19.4 Å². The second-order valence-electron chi connectivity index (χ2n) is 5.19. The Hall–Kier alpha value is -2.08. The largest absolute Gasteiger partial charge is 0.480 e. The molecule has 0 radical (unpaired) electrons. The Morgan fingerprint density at radius 2 is 2.10 bits per heavy atom. The number of carbonyl (C=O) groups excluding carboxylic acids is 1. The first-order valence-corrected chi connectivity index (χ1v) is 6.41. The van der Waals surface area contributed by atoms with Crippen LogP contribution in [0.4, 0.5) is 4.79 Å². The highest BCUT2D eigenvalue weighted by Gasteiger charge is 2.49. The van der Waals surface area contributed by atoms with Crippen molar-refractivity contribution in [2.75, 3.05) is 6.54 Å². The van der Waals surface area contributed by atoms with E-state index in [9.17, 15) is 14.7 Å². The Kier molecular flexibility index (Phi) is 3.94. The number of nitrogens with two attached hydrogens (primary N) is 1. The molecule has 108 valence electrons. The van der Waals surface area contributed by atoms with Crippen LogP contribution in [0.25, 0.3) is 0 Å². The van der Waals surface area contributed by atoms with Crippen LogP contribution < -0.4 is 5.73 Å². The molecule has 2 rings (SSSR count). The molecule has 0 aromatic heterocycles. The zero-order valence-corrected chi connectivity index (χ0v) is 11.3. The van der Waals surface area contributed by atoms with Gasteiger partial charge in [-0.2, -0.15) is 0 Å². The van der Waals surface area contributed by atoms with Gasteiger partial charge < -0.3 is 15.6 Å². The molecule has 1 aromatic carbocycles. The quantitative estimate of drug-likeness (QED) is 0.866. The predicted octanol–water partition coefficient (Wildman–Crippen LogP) is 1.20. The number of likely N-dealkylation sites (tertiary alicyclic amines) is 1. The third-order valence-electron chi connectivity index (χ3n) is 3.56. The van der Waals surface area contributed by atoms with E-state index >= 15 is 0 Å². The highest BCUT2D eigenvalue weighted by atomic mass is 16.6. The second kappa shape index (κ2) is 5.50. The van der Waals surface area contributed by atoms with E-state index in [1.54, 1.807) is 0 Å². The lowest BCUT2D eigenvalue weighted by molar-refractivity contribution is -0.147. The minimum atomic E-state index is -1.30. The van der Waals surface area contributed by atoms with Gasteiger partial charge in [-0.3, -0.25) is 4.90 Å². The molecule has 0 saturated carbocycles. The van der Waals surface area contributed by atoms with E-state index in [4.69, 9.17) is 10.5 Å². The van der Waals surface area contributed by atoms with Gasteiger partial charge >= 0.3 is 12.1 Å². The lowest BCUT2D eigenvalue weighted by Gasteiger charge is -2.29. The molecule has 0 aliphatic carbocycles. The number of ether oxygens (including phenoxy) is 1. The Bertz CT molecular complexity index is 505. The van der Waals surface area contributed by atoms with Crippen molar-refractivity contribution in [1.29, 1.82) is 0 Å². The molecule has 1 aliphatic rings. The average Bonchev–Trinajstić information content (AvgIpc) is 2.74.